The van der Waals surface area contributed by atoms with Crippen LogP contribution in [0.3, 0.4) is 0 Å². The first kappa shape index (κ1) is 17.2. The molecule has 1 aliphatic carbocycles. The monoisotopic (exact) mass is 364 g/mol. The molecule has 5 rings (SSSR count). The molecule has 0 atom stereocenters. The molecule has 0 fully saturated rings. The van der Waals surface area contributed by atoms with Crippen LogP contribution in [0.1, 0.15) is 25.0 Å². The molecule has 2 N–H and O–H groups in total. The van der Waals surface area contributed by atoms with Gasteiger partial charge in [-0.05, 0) is 55.7 Å². The van der Waals surface area contributed by atoms with E-state index in [4.69, 9.17) is 0 Å². The van der Waals surface area contributed by atoms with E-state index in [9.17, 15) is 10.0 Å². The van der Waals surface area contributed by atoms with Crippen molar-refractivity contribution < 1.29 is 10.0 Å². The van der Waals surface area contributed by atoms with Crippen LogP contribution in [0.4, 0.5) is 0 Å². The van der Waals surface area contributed by atoms with E-state index >= 15 is 0 Å². The highest BCUT2D eigenvalue weighted by Gasteiger charge is 2.37. The average molecular weight is 364 g/mol. The predicted octanol–water partition coefficient (Wildman–Crippen LogP) is 4.49. The summed E-state index contributed by atoms with van der Waals surface area (Å²) in [5.74, 6) is 0. The Labute approximate surface area is 165 Å². The maximum absolute atomic E-state index is 9.66. The third-order valence-corrected chi connectivity index (χ3v) is 6.09. The second-order valence-electron chi connectivity index (χ2n) is 8.06. The van der Waals surface area contributed by atoms with Gasteiger partial charge in [-0.15, -0.1) is 0 Å². The minimum Gasteiger partial charge on any atom is -0.423 e. The molecule has 28 heavy (non-hydrogen) atoms. The van der Waals surface area contributed by atoms with Crippen LogP contribution in [0.15, 0.2) is 78.9 Å². The van der Waals surface area contributed by atoms with Crippen LogP contribution >= 0.6 is 0 Å². The van der Waals surface area contributed by atoms with E-state index in [1.807, 2.05) is 24.3 Å². The number of fused-ring (bicyclic) bond motifs is 5. The van der Waals surface area contributed by atoms with Crippen LogP contribution in [0.5, 0.6) is 0 Å². The van der Waals surface area contributed by atoms with Gasteiger partial charge in [0.1, 0.15) is 0 Å². The molecule has 0 saturated carbocycles. The molecule has 4 aromatic rings. The van der Waals surface area contributed by atoms with Crippen molar-refractivity contribution >= 4 is 23.4 Å². The maximum Gasteiger partial charge on any atom is 0.488 e. The van der Waals surface area contributed by atoms with E-state index in [0.29, 0.717) is 5.46 Å². The highest BCUT2D eigenvalue weighted by molar-refractivity contribution is 6.58. The molecule has 0 bridgehead atoms. The summed E-state index contributed by atoms with van der Waals surface area (Å²) in [6.45, 7) is 4.43. The van der Waals surface area contributed by atoms with Gasteiger partial charge >= 0.3 is 7.12 Å². The molecule has 1 aliphatic rings. The number of hydrogen-bond acceptors (Lipinski definition) is 2. The zero-order valence-electron chi connectivity index (χ0n) is 16.0. The lowest BCUT2D eigenvalue weighted by Gasteiger charge is -2.23. The average Bonchev–Trinajstić information content (AvgIpc) is 2.95. The van der Waals surface area contributed by atoms with Crippen molar-refractivity contribution in [2.45, 2.75) is 19.3 Å². The van der Waals surface area contributed by atoms with Gasteiger partial charge in [-0.3, -0.25) is 0 Å². The van der Waals surface area contributed by atoms with Gasteiger partial charge in [0.2, 0.25) is 0 Å². The largest absolute Gasteiger partial charge is 0.488 e. The van der Waals surface area contributed by atoms with Crippen molar-refractivity contribution in [1.29, 1.82) is 0 Å². The predicted molar refractivity (Wildman–Crippen MR) is 117 cm³/mol. The van der Waals surface area contributed by atoms with E-state index in [1.165, 1.54) is 38.6 Å². The molecular formula is C25H21BO2. The Morgan fingerprint density at radius 2 is 1.36 bits per heavy atom. The van der Waals surface area contributed by atoms with Crippen molar-refractivity contribution in [3.63, 3.8) is 0 Å². The molecule has 0 saturated heterocycles. The summed E-state index contributed by atoms with van der Waals surface area (Å²) in [6, 6.07) is 27.2. The van der Waals surface area contributed by atoms with Gasteiger partial charge in [0, 0.05) is 5.41 Å². The van der Waals surface area contributed by atoms with Gasteiger partial charge < -0.3 is 10.0 Å². The molecule has 0 spiro atoms. The van der Waals surface area contributed by atoms with Crippen LogP contribution in [0.2, 0.25) is 0 Å². The van der Waals surface area contributed by atoms with Crippen molar-refractivity contribution in [3.05, 3.63) is 90.0 Å². The van der Waals surface area contributed by atoms with Crippen molar-refractivity contribution in [2.75, 3.05) is 0 Å². The fraction of sp³-hybridized carbons (Fsp3) is 0.120. The van der Waals surface area contributed by atoms with Gasteiger partial charge in [-0.25, -0.2) is 0 Å². The first-order valence-corrected chi connectivity index (χ1v) is 9.61. The summed E-state index contributed by atoms with van der Waals surface area (Å²) in [5, 5.41) is 21.8. The highest BCUT2D eigenvalue weighted by atomic mass is 16.4. The lowest BCUT2D eigenvalue weighted by Crippen LogP contribution is -2.31. The third-order valence-electron chi connectivity index (χ3n) is 6.09. The van der Waals surface area contributed by atoms with Gasteiger partial charge in [0.15, 0.2) is 0 Å². The molecule has 0 heterocycles. The second kappa shape index (κ2) is 6.06. The molecule has 2 nitrogen and oxygen atoms in total. The maximum atomic E-state index is 9.66. The third kappa shape index (κ3) is 2.37. The lowest BCUT2D eigenvalue weighted by atomic mass is 9.75. The van der Waals surface area contributed by atoms with Crippen molar-refractivity contribution in [2.24, 2.45) is 0 Å². The van der Waals surface area contributed by atoms with Crippen LogP contribution in [0.25, 0.3) is 33.0 Å². The Balaban J connectivity index is 1.88. The van der Waals surface area contributed by atoms with E-state index in [1.54, 1.807) is 0 Å². The lowest BCUT2D eigenvalue weighted by molar-refractivity contribution is 0.425. The van der Waals surface area contributed by atoms with Gasteiger partial charge in [-0.2, -0.15) is 0 Å². The first-order chi connectivity index (χ1) is 13.5. The number of hydrogen-bond donors (Lipinski definition) is 2. The van der Waals surface area contributed by atoms with Crippen molar-refractivity contribution in [1.82, 2.24) is 0 Å². The normalized spacial score (nSPS) is 14.0. The Hall–Kier alpha value is -2.88. The quantitative estimate of drug-likeness (QED) is 0.515. The molecule has 0 amide bonds. The summed E-state index contributed by atoms with van der Waals surface area (Å²) in [5.41, 5.74) is 7.62. The molecule has 0 aliphatic heterocycles. The number of rotatable bonds is 2. The van der Waals surface area contributed by atoms with Crippen molar-refractivity contribution in [3.8, 4) is 22.3 Å². The Kier molecular flexibility index (Phi) is 3.73. The minimum atomic E-state index is -1.46. The topological polar surface area (TPSA) is 40.5 Å². The smallest absolute Gasteiger partial charge is 0.423 e. The molecule has 4 aromatic carbocycles. The minimum absolute atomic E-state index is 0.219. The fourth-order valence-corrected chi connectivity index (χ4v) is 4.62. The van der Waals surface area contributed by atoms with E-state index in [0.717, 1.165) is 5.56 Å². The second-order valence-corrected chi connectivity index (χ2v) is 8.06. The van der Waals surface area contributed by atoms with Crippen LogP contribution in [-0.2, 0) is 5.41 Å². The summed E-state index contributed by atoms with van der Waals surface area (Å²) in [7, 11) is -1.46. The molecular weight excluding hydrogens is 343 g/mol. The highest BCUT2D eigenvalue weighted by Crippen LogP contribution is 2.52. The molecule has 3 heteroatoms. The van der Waals surface area contributed by atoms with Gasteiger partial charge in [-0.1, -0.05) is 86.6 Å². The fourth-order valence-electron chi connectivity index (χ4n) is 4.62. The summed E-state index contributed by atoms with van der Waals surface area (Å²) < 4.78 is 0. The standard InChI is InChI=1S/C25H21BO2/c1-25(2)22-14-17(26(27)28)12-13-20(22)24-19-11-7-6-10-18(19)21(15-23(24)25)16-8-4-3-5-9-16/h3-15,27-28H,1-2H3. The Morgan fingerprint density at radius 1 is 0.679 bits per heavy atom. The number of benzene rings is 4. The van der Waals surface area contributed by atoms with Crippen LogP contribution in [0, 0.1) is 0 Å². The van der Waals surface area contributed by atoms with Gasteiger partial charge in [0.05, 0.1) is 0 Å². The summed E-state index contributed by atoms with van der Waals surface area (Å²) in [4.78, 5) is 0. The first-order valence-electron chi connectivity index (χ1n) is 9.61. The molecule has 0 unspecified atom stereocenters. The van der Waals surface area contributed by atoms with Gasteiger partial charge in [0.25, 0.3) is 0 Å². The van der Waals surface area contributed by atoms with E-state index < -0.39 is 7.12 Å². The molecule has 0 radical (unpaired) electrons. The van der Waals surface area contributed by atoms with Crippen LogP contribution in [-0.4, -0.2) is 17.2 Å². The zero-order chi connectivity index (χ0) is 19.5. The Morgan fingerprint density at radius 3 is 2.07 bits per heavy atom. The Bertz CT molecular complexity index is 1210. The SMILES string of the molecule is CC1(C)c2cc(B(O)O)ccc2-c2c1cc(-c1ccccc1)c1ccccc21. The summed E-state index contributed by atoms with van der Waals surface area (Å²) >= 11 is 0. The molecule has 0 aromatic heterocycles. The van der Waals surface area contributed by atoms with Crippen LogP contribution < -0.4 is 5.46 Å². The zero-order valence-corrected chi connectivity index (χ0v) is 16.0. The van der Waals surface area contributed by atoms with E-state index in [2.05, 4.69) is 68.4 Å². The molecule has 136 valence electrons. The summed E-state index contributed by atoms with van der Waals surface area (Å²) in [6.07, 6.45) is 0. The van der Waals surface area contributed by atoms with E-state index in [-0.39, 0.29) is 5.41 Å².